The first-order chi connectivity index (χ1) is 10.5. The summed E-state index contributed by atoms with van der Waals surface area (Å²) in [6.45, 7) is 9.80. The first-order valence-corrected chi connectivity index (χ1v) is 7.50. The number of carbonyl (C=O) groups excluding carboxylic acids is 1. The molecule has 5 heteroatoms. The molecule has 0 unspecified atom stereocenters. The van der Waals surface area contributed by atoms with Crippen molar-refractivity contribution < 1.29 is 4.79 Å². The second kappa shape index (κ2) is 7.02. The number of amides is 1. The zero-order valence-corrected chi connectivity index (χ0v) is 13.6. The van der Waals surface area contributed by atoms with Crippen molar-refractivity contribution in [1.29, 1.82) is 0 Å². The van der Waals surface area contributed by atoms with Crippen LogP contribution < -0.4 is 10.2 Å². The molecule has 0 radical (unpaired) electrons. The average Bonchev–Trinajstić information content (AvgIpc) is 2.47. The number of carbonyl (C=O) groups is 1. The SMILES string of the molecule is CCN(CC)c1cc(C(=O)Nc2cc(C)cc(C)c2)ncn1. The molecule has 1 N–H and O–H groups in total. The maximum absolute atomic E-state index is 12.4. The van der Waals surface area contributed by atoms with E-state index in [0.717, 1.165) is 35.7 Å². The zero-order valence-electron chi connectivity index (χ0n) is 13.6. The Kier molecular flexibility index (Phi) is 5.09. The lowest BCUT2D eigenvalue weighted by Gasteiger charge is -2.19. The second-order valence-corrected chi connectivity index (χ2v) is 5.26. The number of rotatable bonds is 5. The van der Waals surface area contributed by atoms with Gasteiger partial charge < -0.3 is 10.2 Å². The normalized spacial score (nSPS) is 10.4. The molecule has 0 saturated heterocycles. The summed E-state index contributed by atoms with van der Waals surface area (Å²) in [6.07, 6.45) is 1.43. The predicted octanol–water partition coefficient (Wildman–Crippen LogP) is 3.19. The number of benzene rings is 1. The average molecular weight is 298 g/mol. The quantitative estimate of drug-likeness (QED) is 0.921. The molecule has 1 amide bonds. The Balaban J connectivity index is 2.20. The summed E-state index contributed by atoms with van der Waals surface area (Å²) in [4.78, 5) is 22.8. The molecule has 0 aliphatic rings. The molecule has 2 rings (SSSR count). The van der Waals surface area contributed by atoms with Crippen molar-refractivity contribution in [2.75, 3.05) is 23.3 Å². The zero-order chi connectivity index (χ0) is 16.1. The van der Waals surface area contributed by atoms with Crippen LogP contribution in [0.25, 0.3) is 0 Å². The molecule has 0 fully saturated rings. The Bertz CT molecular complexity index is 645. The summed E-state index contributed by atoms with van der Waals surface area (Å²) in [7, 11) is 0. The lowest BCUT2D eigenvalue weighted by Crippen LogP contribution is -2.24. The van der Waals surface area contributed by atoms with Gasteiger partial charge in [0.25, 0.3) is 5.91 Å². The van der Waals surface area contributed by atoms with Crippen molar-refractivity contribution in [3.8, 4) is 0 Å². The van der Waals surface area contributed by atoms with Crippen molar-refractivity contribution >= 4 is 17.4 Å². The van der Waals surface area contributed by atoms with E-state index < -0.39 is 0 Å². The van der Waals surface area contributed by atoms with E-state index in [2.05, 4.69) is 40.1 Å². The molecule has 0 aliphatic heterocycles. The van der Waals surface area contributed by atoms with Gasteiger partial charge in [-0.15, -0.1) is 0 Å². The molecule has 0 aliphatic carbocycles. The summed E-state index contributed by atoms with van der Waals surface area (Å²) in [5.41, 5.74) is 3.38. The third-order valence-corrected chi connectivity index (χ3v) is 3.45. The van der Waals surface area contributed by atoms with Gasteiger partial charge in [0.15, 0.2) is 0 Å². The highest BCUT2D eigenvalue weighted by atomic mass is 16.1. The van der Waals surface area contributed by atoms with E-state index in [-0.39, 0.29) is 5.91 Å². The van der Waals surface area contributed by atoms with Crippen molar-refractivity contribution in [3.63, 3.8) is 0 Å². The minimum absolute atomic E-state index is 0.221. The number of aryl methyl sites for hydroxylation is 2. The van der Waals surface area contributed by atoms with E-state index in [1.54, 1.807) is 6.07 Å². The van der Waals surface area contributed by atoms with Gasteiger partial charge in [-0.2, -0.15) is 0 Å². The molecule has 1 heterocycles. The lowest BCUT2D eigenvalue weighted by atomic mass is 10.1. The maximum atomic E-state index is 12.4. The van der Waals surface area contributed by atoms with Crippen LogP contribution in [-0.4, -0.2) is 29.0 Å². The largest absolute Gasteiger partial charge is 0.357 e. The molecule has 22 heavy (non-hydrogen) atoms. The van der Waals surface area contributed by atoms with Crippen LogP contribution in [0.2, 0.25) is 0 Å². The summed E-state index contributed by atoms with van der Waals surface area (Å²) in [6, 6.07) is 7.68. The fraction of sp³-hybridized carbons (Fsp3) is 0.353. The molecule has 2 aromatic rings. The minimum atomic E-state index is -0.221. The summed E-state index contributed by atoms with van der Waals surface area (Å²) >= 11 is 0. The third kappa shape index (κ3) is 3.81. The number of nitrogens with one attached hydrogen (secondary N) is 1. The molecule has 0 spiro atoms. The second-order valence-electron chi connectivity index (χ2n) is 5.26. The van der Waals surface area contributed by atoms with Gasteiger partial charge in [0.1, 0.15) is 17.8 Å². The monoisotopic (exact) mass is 298 g/mol. The third-order valence-electron chi connectivity index (χ3n) is 3.45. The van der Waals surface area contributed by atoms with Crippen molar-refractivity contribution in [1.82, 2.24) is 9.97 Å². The minimum Gasteiger partial charge on any atom is -0.357 e. The summed E-state index contributed by atoms with van der Waals surface area (Å²) in [5, 5.41) is 2.89. The highest BCUT2D eigenvalue weighted by Gasteiger charge is 2.12. The molecule has 0 saturated carbocycles. The van der Waals surface area contributed by atoms with Crippen molar-refractivity contribution in [2.45, 2.75) is 27.7 Å². The number of aromatic nitrogens is 2. The highest BCUT2D eigenvalue weighted by Crippen LogP contribution is 2.16. The smallest absolute Gasteiger partial charge is 0.274 e. The van der Waals surface area contributed by atoms with E-state index in [1.807, 2.05) is 26.0 Å². The number of nitrogens with zero attached hydrogens (tertiary/aromatic N) is 3. The van der Waals surface area contributed by atoms with E-state index >= 15 is 0 Å². The Morgan fingerprint density at radius 2 is 1.68 bits per heavy atom. The highest BCUT2D eigenvalue weighted by molar-refractivity contribution is 6.03. The predicted molar refractivity (Wildman–Crippen MR) is 89.5 cm³/mol. The van der Waals surface area contributed by atoms with Crippen molar-refractivity contribution in [2.24, 2.45) is 0 Å². The molecule has 0 atom stereocenters. The summed E-state index contributed by atoms with van der Waals surface area (Å²) < 4.78 is 0. The summed E-state index contributed by atoms with van der Waals surface area (Å²) in [5.74, 6) is 0.548. The number of hydrogen-bond donors (Lipinski definition) is 1. The molecular weight excluding hydrogens is 276 g/mol. The maximum Gasteiger partial charge on any atom is 0.274 e. The standard InChI is InChI=1S/C17H22N4O/c1-5-21(6-2)16-10-15(18-11-19-16)17(22)20-14-8-12(3)7-13(4)9-14/h7-11H,5-6H2,1-4H3,(H,20,22). The lowest BCUT2D eigenvalue weighted by molar-refractivity contribution is 0.102. The Morgan fingerprint density at radius 1 is 1.05 bits per heavy atom. The number of anilines is 2. The first kappa shape index (κ1) is 15.9. The van der Waals surface area contributed by atoms with Crippen LogP contribution in [0.5, 0.6) is 0 Å². The van der Waals surface area contributed by atoms with Crippen LogP contribution in [0.3, 0.4) is 0 Å². The van der Waals surface area contributed by atoms with E-state index in [4.69, 9.17) is 0 Å². The van der Waals surface area contributed by atoms with E-state index in [9.17, 15) is 4.79 Å². The molecular formula is C17H22N4O. The van der Waals surface area contributed by atoms with E-state index in [0.29, 0.717) is 5.69 Å². The molecule has 1 aromatic carbocycles. The van der Waals surface area contributed by atoms with Crippen LogP contribution in [0.4, 0.5) is 11.5 Å². The number of hydrogen-bond acceptors (Lipinski definition) is 4. The van der Waals surface area contributed by atoms with Gasteiger partial charge in [0.2, 0.25) is 0 Å². The van der Waals surface area contributed by atoms with Gasteiger partial charge in [-0.1, -0.05) is 6.07 Å². The van der Waals surface area contributed by atoms with Gasteiger partial charge in [-0.25, -0.2) is 9.97 Å². The van der Waals surface area contributed by atoms with Gasteiger partial charge in [0, 0.05) is 24.8 Å². The Hall–Kier alpha value is -2.43. The van der Waals surface area contributed by atoms with Gasteiger partial charge in [-0.3, -0.25) is 4.79 Å². The topological polar surface area (TPSA) is 58.1 Å². The van der Waals surface area contributed by atoms with Crippen LogP contribution in [0.1, 0.15) is 35.5 Å². The molecule has 116 valence electrons. The Labute approximate surface area is 131 Å². The molecule has 0 bridgehead atoms. The molecule has 5 nitrogen and oxygen atoms in total. The van der Waals surface area contributed by atoms with Crippen molar-refractivity contribution in [3.05, 3.63) is 47.4 Å². The van der Waals surface area contributed by atoms with Crippen LogP contribution >= 0.6 is 0 Å². The van der Waals surface area contributed by atoms with Gasteiger partial charge in [0.05, 0.1) is 0 Å². The van der Waals surface area contributed by atoms with Gasteiger partial charge in [-0.05, 0) is 51.0 Å². The van der Waals surface area contributed by atoms with E-state index in [1.165, 1.54) is 6.33 Å². The fourth-order valence-electron chi connectivity index (χ4n) is 2.43. The van der Waals surface area contributed by atoms with Crippen LogP contribution in [-0.2, 0) is 0 Å². The Morgan fingerprint density at radius 3 is 2.27 bits per heavy atom. The van der Waals surface area contributed by atoms with Crippen LogP contribution in [0, 0.1) is 13.8 Å². The molecule has 1 aromatic heterocycles. The van der Waals surface area contributed by atoms with Crippen LogP contribution in [0.15, 0.2) is 30.6 Å². The first-order valence-electron chi connectivity index (χ1n) is 7.50. The fourth-order valence-corrected chi connectivity index (χ4v) is 2.43. The van der Waals surface area contributed by atoms with Gasteiger partial charge >= 0.3 is 0 Å².